The van der Waals surface area contributed by atoms with E-state index >= 15 is 0 Å². The van der Waals surface area contributed by atoms with E-state index in [0.717, 1.165) is 30.2 Å². The van der Waals surface area contributed by atoms with Gasteiger partial charge in [0.05, 0.1) is 0 Å². The van der Waals surface area contributed by atoms with Crippen molar-refractivity contribution in [2.24, 2.45) is 23.7 Å². The van der Waals surface area contributed by atoms with Crippen LogP contribution in [0.5, 0.6) is 0 Å². The first-order valence-corrected chi connectivity index (χ1v) is 6.76. The Morgan fingerprint density at radius 3 is 2.33 bits per heavy atom. The Hall–Kier alpha value is -0.0100. The summed E-state index contributed by atoms with van der Waals surface area (Å²) in [7, 11) is 0. The molecule has 0 aromatic heterocycles. The number of nitrogens with zero attached hydrogens (tertiary/aromatic N) is 1. The Balaban J connectivity index is 1.62. The number of hydrogen-bond donors (Lipinski definition) is 0. The maximum Gasteiger partial charge on any atom is 0.0443 e. The number of rotatable bonds is 3. The van der Waals surface area contributed by atoms with Gasteiger partial charge in [0.2, 0.25) is 0 Å². The number of alkyl halides is 1. The summed E-state index contributed by atoms with van der Waals surface area (Å²) < 4.78 is 0. The van der Waals surface area contributed by atoms with Crippen LogP contribution in [0.3, 0.4) is 0 Å². The molecule has 0 amide bonds. The van der Waals surface area contributed by atoms with Crippen LogP contribution < -0.4 is 0 Å². The first-order chi connectivity index (χ1) is 7.28. The van der Waals surface area contributed by atoms with Gasteiger partial charge >= 0.3 is 0 Å². The highest BCUT2D eigenvalue weighted by atomic mass is 35.5. The van der Waals surface area contributed by atoms with E-state index < -0.39 is 0 Å². The molecule has 0 radical (unpaired) electrons. The van der Waals surface area contributed by atoms with Crippen LogP contribution in [0.15, 0.2) is 12.2 Å². The van der Waals surface area contributed by atoms with Crippen molar-refractivity contribution in [1.29, 1.82) is 0 Å². The topological polar surface area (TPSA) is 3.24 Å². The fraction of sp³-hybridized carbons (Fsp3) is 0.846. The van der Waals surface area contributed by atoms with Crippen LogP contribution in [-0.2, 0) is 0 Å². The summed E-state index contributed by atoms with van der Waals surface area (Å²) >= 11 is 5.79. The minimum atomic E-state index is 0.624. The zero-order valence-corrected chi connectivity index (χ0v) is 10.0. The molecule has 4 unspecified atom stereocenters. The van der Waals surface area contributed by atoms with Crippen molar-refractivity contribution in [2.75, 3.05) is 25.5 Å². The van der Waals surface area contributed by atoms with Gasteiger partial charge in [0.15, 0.2) is 0 Å². The van der Waals surface area contributed by atoms with Crippen molar-refractivity contribution in [3.05, 3.63) is 12.2 Å². The Morgan fingerprint density at radius 2 is 1.80 bits per heavy atom. The normalized spacial score (nSPS) is 43.5. The molecule has 2 heteroatoms. The third kappa shape index (κ3) is 1.64. The Labute approximate surface area is 97.5 Å². The van der Waals surface area contributed by atoms with E-state index in [-0.39, 0.29) is 0 Å². The number of halogens is 1. The molecule has 2 saturated carbocycles. The zero-order valence-electron chi connectivity index (χ0n) is 9.29. The van der Waals surface area contributed by atoms with Crippen molar-refractivity contribution in [1.82, 2.24) is 4.90 Å². The number of likely N-dealkylation sites (tertiary alicyclic amines) is 1. The van der Waals surface area contributed by atoms with E-state index in [1.165, 1.54) is 31.5 Å². The van der Waals surface area contributed by atoms with Crippen LogP contribution in [0.2, 0.25) is 0 Å². The van der Waals surface area contributed by atoms with Crippen molar-refractivity contribution >= 4 is 11.6 Å². The second-order valence-electron chi connectivity index (χ2n) is 5.74. The van der Waals surface area contributed by atoms with Gasteiger partial charge in [-0.3, -0.25) is 4.90 Å². The lowest BCUT2D eigenvalue weighted by molar-refractivity contribution is 0.281. The SMILES string of the molecule is C=C(CCl)CN1CC2C3CCC(C3)C2C1. The van der Waals surface area contributed by atoms with Crippen LogP contribution in [0.1, 0.15) is 19.3 Å². The molecule has 0 aromatic carbocycles. The van der Waals surface area contributed by atoms with Gasteiger partial charge in [-0.1, -0.05) is 6.58 Å². The highest BCUT2D eigenvalue weighted by Gasteiger charge is 2.51. The summed E-state index contributed by atoms with van der Waals surface area (Å²) in [6.07, 6.45) is 4.56. The quantitative estimate of drug-likeness (QED) is 0.528. The van der Waals surface area contributed by atoms with Gasteiger partial charge in [0, 0.05) is 25.5 Å². The number of fused-ring (bicyclic) bond motifs is 5. The van der Waals surface area contributed by atoms with Gasteiger partial charge in [-0.15, -0.1) is 11.6 Å². The monoisotopic (exact) mass is 225 g/mol. The minimum absolute atomic E-state index is 0.624. The molecule has 1 aliphatic heterocycles. The third-order valence-electron chi connectivity index (χ3n) is 4.85. The lowest BCUT2D eigenvalue weighted by atomic mass is 9.82. The van der Waals surface area contributed by atoms with Crippen molar-refractivity contribution < 1.29 is 0 Å². The van der Waals surface area contributed by atoms with Crippen LogP contribution in [0.25, 0.3) is 0 Å². The van der Waals surface area contributed by atoms with Crippen LogP contribution in [-0.4, -0.2) is 30.4 Å². The molecule has 84 valence electrons. The summed E-state index contributed by atoms with van der Waals surface area (Å²) in [5, 5.41) is 0. The zero-order chi connectivity index (χ0) is 10.4. The summed E-state index contributed by atoms with van der Waals surface area (Å²) in [5.41, 5.74) is 1.18. The summed E-state index contributed by atoms with van der Waals surface area (Å²) in [6, 6.07) is 0. The Kier molecular flexibility index (Phi) is 2.56. The molecule has 1 nitrogen and oxygen atoms in total. The summed E-state index contributed by atoms with van der Waals surface area (Å²) in [4.78, 5) is 2.59. The van der Waals surface area contributed by atoms with Gasteiger partial charge in [-0.2, -0.15) is 0 Å². The summed E-state index contributed by atoms with van der Waals surface area (Å²) in [6.45, 7) is 7.69. The van der Waals surface area contributed by atoms with Crippen LogP contribution in [0, 0.1) is 23.7 Å². The van der Waals surface area contributed by atoms with Gasteiger partial charge in [0.1, 0.15) is 0 Å². The fourth-order valence-electron chi connectivity index (χ4n) is 4.26. The molecule has 3 fully saturated rings. The van der Waals surface area contributed by atoms with Crippen molar-refractivity contribution in [3.8, 4) is 0 Å². The second-order valence-corrected chi connectivity index (χ2v) is 6.01. The average Bonchev–Trinajstić information content (AvgIpc) is 2.87. The predicted molar refractivity (Wildman–Crippen MR) is 64.1 cm³/mol. The van der Waals surface area contributed by atoms with Crippen molar-refractivity contribution in [2.45, 2.75) is 19.3 Å². The van der Waals surface area contributed by atoms with Gasteiger partial charge in [-0.25, -0.2) is 0 Å². The molecule has 1 heterocycles. The maximum atomic E-state index is 5.79. The molecule has 2 aliphatic carbocycles. The highest BCUT2D eigenvalue weighted by Crippen LogP contribution is 2.55. The molecule has 1 saturated heterocycles. The minimum Gasteiger partial charge on any atom is -0.299 e. The molecule has 0 N–H and O–H groups in total. The Morgan fingerprint density at radius 1 is 1.20 bits per heavy atom. The predicted octanol–water partition coefficient (Wildman–Crippen LogP) is 2.76. The molecule has 15 heavy (non-hydrogen) atoms. The molecule has 4 atom stereocenters. The molecular weight excluding hydrogens is 206 g/mol. The number of hydrogen-bond acceptors (Lipinski definition) is 1. The lowest BCUT2D eigenvalue weighted by Crippen LogP contribution is -2.25. The van der Waals surface area contributed by atoms with Gasteiger partial charge < -0.3 is 0 Å². The second kappa shape index (κ2) is 3.78. The molecule has 0 spiro atoms. The summed E-state index contributed by atoms with van der Waals surface area (Å²) in [5.74, 6) is 4.79. The van der Waals surface area contributed by atoms with E-state index in [2.05, 4.69) is 11.5 Å². The molecule has 3 rings (SSSR count). The highest BCUT2D eigenvalue weighted by molar-refractivity contribution is 6.19. The van der Waals surface area contributed by atoms with E-state index in [9.17, 15) is 0 Å². The van der Waals surface area contributed by atoms with E-state index in [0.29, 0.717) is 5.88 Å². The van der Waals surface area contributed by atoms with E-state index in [1.54, 1.807) is 6.42 Å². The Bertz CT molecular complexity index is 258. The van der Waals surface area contributed by atoms with Crippen LogP contribution in [0.4, 0.5) is 0 Å². The molecule has 0 aromatic rings. The van der Waals surface area contributed by atoms with Crippen LogP contribution >= 0.6 is 11.6 Å². The maximum absolute atomic E-state index is 5.79. The molecular formula is C13H20ClN. The lowest BCUT2D eigenvalue weighted by Gasteiger charge is -2.22. The van der Waals surface area contributed by atoms with E-state index in [1.807, 2.05) is 0 Å². The standard InChI is InChI=1S/C13H20ClN/c1-9(5-14)6-15-7-12-10-2-3-11(4-10)13(12)8-15/h10-13H,1-8H2. The molecule has 2 bridgehead atoms. The van der Waals surface area contributed by atoms with E-state index in [4.69, 9.17) is 11.6 Å². The first-order valence-electron chi connectivity index (χ1n) is 6.23. The average molecular weight is 226 g/mol. The third-order valence-corrected chi connectivity index (χ3v) is 5.23. The fourth-order valence-corrected chi connectivity index (χ4v) is 4.34. The van der Waals surface area contributed by atoms with Gasteiger partial charge in [0.25, 0.3) is 0 Å². The first kappa shape index (κ1) is 10.2. The smallest absolute Gasteiger partial charge is 0.0443 e. The largest absolute Gasteiger partial charge is 0.299 e. The van der Waals surface area contributed by atoms with Gasteiger partial charge in [-0.05, 0) is 48.5 Å². The molecule has 3 aliphatic rings. The van der Waals surface area contributed by atoms with Crippen molar-refractivity contribution in [3.63, 3.8) is 0 Å².